The number of aliphatic hydroxyl groups excluding tert-OH is 1. The van der Waals surface area contributed by atoms with E-state index < -0.39 is 59.8 Å². The Kier molecular flexibility index (Phi) is 8.19. The minimum Gasteiger partial charge on any atom is -0.466 e. The lowest BCUT2D eigenvalue weighted by Crippen LogP contribution is -2.59. The SMILES string of the molecule is C=C(C)C(=O)C1O[C@H]2CC(C)(CC(=O)OCC)O[C@@H]2[C@@H](O)[C@H]1C1COC(C)(CC(=O)OCC)O1. The molecule has 8 atom stereocenters. The summed E-state index contributed by atoms with van der Waals surface area (Å²) in [4.78, 5) is 37.1. The van der Waals surface area contributed by atoms with Crippen LogP contribution in [0.15, 0.2) is 12.2 Å². The van der Waals surface area contributed by atoms with Crippen LogP contribution in [0.1, 0.15) is 53.9 Å². The lowest BCUT2D eigenvalue weighted by atomic mass is 9.79. The summed E-state index contributed by atoms with van der Waals surface area (Å²) in [5, 5.41) is 11.4. The van der Waals surface area contributed by atoms with Crippen molar-refractivity contribution in [3.63, 3.8) is 0 Å². The fourth-order valence-electron chi connectivity index (χ4n) is 5.02. The van der Waals surface area contributed by atoms with Crippen molar-refractivity contribution in [2.45, 2.75) is 95.8 Å². The van der Waals surface area contributed by atoms with Gasteiger partial charge in [-0.3, -0.25) is 14.4 Å². The van der Waals surface area contributed by atoms with Gasteiger partial charge in [-0.05, 0) is 40.2 Å². The average Bonchev–Trinajstić information content (AvgIpc) is 3.26. The third-order valence-corrected chi connectivity index (χ3v) is 6.48. The molecule has 3 aliphatic heterocycles. The van der Waals surface area contributed by atoms with Crippen molar-refractivity contribution < 1.29 is 47.9 Å². The second-order valence-electron chi connectivity index (χ2n) is 9.61. The Bertz CT molecular complexity index is 812. The van der Waals surface area contributed by atoms with Gasteiger partial charge in [0.25, 0.3) is 0 Å². The molecule has 0 aromatic carbocycles. The van der Waals surface area contributed by atoms with Crippen LogP contribution in [-0.4, -0.2) is 84.6 Å². The summed E-state index contributed by atoms with van der Waals surface area (Å²) in [6.45, 7) is 12.6. The molecule has 10 heteroatoms. The molecule has 3 rings (SSSR count). The van der Waals surface area contributed by atoms with Gasteiger partial charge in [-0.25, -0.2) is 0 Å². The Morgan fingerprint density at radius 3 is 2.24 bits per heavy atom. The van der Waals surface area contributed by atoms with E-state index in [1.54, 1.807) is 34.6 Å². The Labute approximate surface area is 199 Å². The van der Waals surface area contributed by atoms with Crippen LogP contribution in [0.5, 0.6) is 0 Å². The number of fused-ring (bicyclic) bond motifs is 1. The standard InChI is InChI=1S/C24H36O10/c1-7-29-16(25)10-23(5)9-14-21(34-23)20(28)18(22(32-14)19(27)13(3)4)15-12-31-24(6,33-15)11-17(26)30-8-2/h14-15,18,20-22,28H,3,7-12H2,1-2,4-6H3/t14-,15?,18+,20-,21-,22?,23?,24?/m0/s1. The molecule has 0 radical (unpaired) electrons. The van der Waals surface area contributed by atoms with E-state index in [0.29, 0.717) is 6.42 Å². The summed E-state index contributed by atoms with van der Waals surface area (Å²) in [6.07, 6.45) is -4.15. The molecule has 34 heavy (non-hydrogen) atoms. The molecular formula is C24H36O10. The number of ketones is 1. The monoisotopic (exact) mass is 484 g/mol. The second kappa shape index (κ2) is 10.4. The molecule has 3 saturated heterocycles. The van der Waals surface area contributed by atoms with Crippen molar-refractivity contribution in [2.24, 2.45) is 5.92 Å². The molecule has 0 saturated carbocycles. The summed E-state index contributed by atoms with van der Waals surface area (Å²) >= 11 is 0. The third-order valence-electron chi connectivity index (χ3n) is 6.48. The van der Waals surface area contributed by atoms with Gasteiger partial charge in [0.2, 0.25) is 0 Å². The number of hydrogen-bond donors (Lipinski definition) is 1. The number of rotatable bonds is 9. The zero-order valence-electron chi connectivity index (χ0n) is 20.5. The summed E-state index contributed by atoms with van der Waals surface area (Å²) in [5.41, 5.74) is -0.637. The highest BCUT2D eigenvalue weighted by atomic mass is 16.7. The molecule has 0 bridgehead atoms. The maximum absolute atomic E-state index is 13.0. The molecule has 3 aliphatic rings. The molecule has 10 nitrogen and oxygen atoms in total. The Hall–Kier alpha value is -1.85. The molecule has 0 aromatic heterocycles. The van der Waals surface area contributed by atoms with Gasteiger partial charge in [0.15, 0.2) is 11.6 Å². The fraction of sp³-hybridized carbons (Fsp3) is 0.792. The van der Waals surface area contributed by atoms with Crippen LogP contribution >= 0.6 is 0 Å². The quantitative estimate of drug-likeness (QED) is 0.380. The molecule has 1 N–H and O–H groups in total. The summed E-state index contributed by atoms with van der Waals surface area (Å²) < 4.78 is 34.2. The van der Waals surface area contributed by atoms with E-state index in [0.717, 1.165) is 0 Å². The Morgan fingerprint density at radius 2 is 1.65 bits per heavy atom. The zero-order chi connectivity index (χ0) is 25.3. The smallest absolute Gasteiger partial charge is 0.311 e. The first-order valence-electron chi connectivity index (χ1n) is 11.8. The van der Waals surface area contributed by atoms with E-state index in [-0.39, 0.29) is 44.0 Å². The topological polar surface area (TPSA) is 127 Å². The highest BCUT2D eigenvalue weighted by Crippen LogP contribution is 2.45. The first kappa shape index (κ1) is 26.7. The number of ether oxygens (including phenoxy) is 6. The Balaban J connectivity index is 1.81. The first-order chi connectivity index (χ1) is 15.9. The summed E-state index contributed by atoms with van der Waals surface area (Å²) in [6, 6.07) is 0. The average molecular weight is 485 g/mol. The van der Waals surface area contributed by atoms with Crippen LogP contribution in [0.4, 0.5) is 0 Å². The van der Waals surface area contributed by atoms with Gasteiger partial charge in [-0.15, -0.1) is 0 Å². The number of aliphatic hydroxyl groups is 1. The van der Waals surface area contributed by atoms with E-state index in [4.69, 9.17) is 28.4 Å². The predicted octanol–water partition coefficient (Wildman–Crippen LogP) is 1.46. The molecule has 4 unspecified atom stereocenters. The molecule has 0 spiro atoms. The fourth-order valence-corrected chi connectivity index (χ4v) is 5.02. The highest BCUT2D eigenvalue weighted by molar-refractivity contribution is 5.98. The predicted molar refractivity (Wildman–Crippen MR) is 118 cm³/mol. The maximum Gasteiger partial charge on any atom is 0.311 e. The minimum absolute atomic E-state index is 0.00562. The highest BCUT2D eigenvalue weighted by Gasteiger charge is 2.59. The van der Waals surface area contributed by atoms with E-state index >= 15 is 0 Å². The summed E-state index contributed by atoms with van der Waals surface area (Å²) in [7, 11) is 0. The van der Waals surface area contributed by atoms with E-state index in [1.165, 1.54) is 0 Å². The molecule has 3 fully saturated rings. The van der Waals surface area contributed by atoms with Gasteiger partial charge in [0.05, 0.1) is 56.6 Å². The van der Waals surface area contributed by atoms with E-state index in [2.05, 4.69) is 6.58 Å². The molecular weight excluding hydrogens is 448 g/mol. The van der Waals surface area contributed by atoms with Crippen molar-refractivity contribution in [3.05, 3.63) is 12.2 Å². The minimum atomic E-state index is -1.26. The van der Waals surface area contributed by atoms with Crippen molar-refractivity contribution in [3.8, 4) is 0 Å². The number of esters is 2. The zero-order valence-corrected chi connectivity index (χ0v) is 20.5. The largest absolute Gasteiger partial charge is 0.466 e. The van der Waals surface area contributed by atoms with Gasteiger partial charge in [0.1, 0.15) is 12.2 Å². The van der Waals surface area contributed by atoms with Gasteiger partial charge in [-0.1, -0.05) is 6.58 Å². The normalized spacial score (nSPS) is 39.4. The molecule has 3 heterocycles. The second-order valence-corrected chi connectivity index (χ2v) is 9.61. The van der Waals surface area contributed by atoms with Crippen LogP contribution in [0, 0.1) is 5.92 Å². The lowest BCUT2D eigenvalue weighted by Gasteiger charge is -2.43. The van der Waals surface area contributed by atoms with E-state index in [9.17, 15) is 19.5 Å². The van der Waals surface area contributed by atoms with Gasteiger partial charge in [-0.2, -0.15) is 0 Å². The van der Waals surface area contributed by atoms with Gasteiger partial charge >= 0.3 is 11.9 Å². The van der Waals surface area contributed by atoms with E-state index in [1.807, 2.05) is 0 Å². The number of hydrogen-bond acceptors (Lipinski definition) is 10. The van der Waals surface area contributed by atoms with Crippen LogP contribution < -0.4 is 0 Å². The molecule has 192 valence electrons. The lowest BCUT2D eigenvalue weighted by molar-refractivity contribution is -0.226. The van der Waals surface area contributed by atoms with Gasteiger partial charge in [0, 0.05) is 12.3 Å². The van der Waals surface area contributed by atoms with Gasteiger partial charge < -0.3 is 33.5 Å². The first-order valence-corrected chi connectivity index (χ1v) is 11.8. The number of carbonyl (C=O) groups excluding carboxylic acids is 3. The van der Waals surface area contributed by atoms with Crippen LogP contribution in [0.3, 0.4) is 0 Å². The molecule has 0 amide bonds. The number of carbonyl (C=O) groups is 3. The van der Waals surface area contributed by atoms with Crippen molar-refractivity contribution >= 4 is 17.7 Å². The van der Waals surface area contributed by atoms with Crippen LogP contribution in [0.25, 0.3) is 0 Å². The van der Waals surface area contributed by atoms with Crippen molar-refractivity contribution in [1.29, 1.82) is 0 Å². The summed E-state index contributed by atoms with van der Waals surface area (Å²) in [5.74, 6) is -3.34. The Morgan fingerprint density at radius 1 is 1.03 bits per heavy atom. The van der Waals surface area contributed by atoms with Crippen LogP contribution in [0.2, 0.25) is 0 Å². The van der Waals surface area contributed by atoms with Crippen molar-refractivity contribution in [1.82, 2.24) is 0 Å². The maximum atomic E-state index is 13.0. The number of Topliss-reactive ketones (excluding diaryl/α,β-unsaturated/α-hetero) is 1. The third kappa shape index (κ3) is 5.68. The molecule has 0 aliphatic carbocycles. The van der Waals surface area contributed by atoms with Crippen molar-refractivity contribution in [2.75, 3.05) is 19.8 Å². The molecule has 0 aromatic rings. The van der Waals surface area contributed by atoms with Crippen LogP contribution in [-0.2, 0) is 42.8 Å².